The minimum absolute atomic E-state index is 0.00745. The van der Waals surface area contributed by atoms with E-state index in [0.29, 0.717) is 31.5 Å². The predicted octanol–water partition coefficient (Wildman–Crippen LogP) is 1.92. The van der Waals surface area contributed by atoms with Crippen molar-refractivity contribution in [3.63, 3.8) is 0 Å². The lowest BCUT2D eigenvalue weighted by Crippen LogP contribution is -2.51. The standard InChI is InChI=1S/C23H32N4O3/c28-21(24-16-18-9-6-13-26-12-5-4-10-20(18)26)15-19-22(29)27(23(30)25-19)14-11-17-7-2-1-3-8-17/h1-3,7-8,18-20H,4-6,9-16H2,(H,24,28)(H,25,30)/t18-,19+,20-/m1/s1. The second-order valence-electron chi connectivity index (χ2n) is 8.74. The number of carbonyl (C=O) groups is 3. The van der Waals surface area contributed by atoms with Crippen molar-refractivity contribution in [2.24, 2.45) is 5.92 Å². The Morgan fingerprint density at radius 2 is 1.87 bits per heavy atom. The van der Waals surface area contributed by atoms with Crippen molar-refractivity contribution in [2.45, 2.75) is 57.0 Å². The lowest BCUT2D eigenvalue weighted by Gasteiger charge is -2.44. The van der Waals surface area contributed by atoms with Gasteiger partial charge in [0.15, 0.2) is 0 Å². The Morgan fingerprint density at radius 1 is 1.07 bits per heavy atom. The lowest BCUT2D eigenvalue weighted by atomic mass is 9.83. The first kappa shape index (κ1) is 20.8. The fourth-order valence-electron chi connectivity index (χ4n) is 5.13. The van der Waals surface area contributed by atoms with E-state index in [-0.39, 0.29) is 18.2 Å². The molecule has 0 bridgehead atoms. The van der Waals surface area contributed by atoms with Crippen molar-refractivity contribution >= 4 is 17.8 Å². The Bertz CT molecular complexity index is 767. The van der Waals surface area contributed by atoms with Crippen LogP contribution in [0, 0.1) is 5.92 Å². The molecule has 4 amide bonds. The molecule has 7 nitrogen and oxygen atoms in total. The zero-order valence-electron chi connectivity index (χ0n) is 17.5. The van der Waals surface area contributed by atoms with Crippen LogP contribution in [0.15, 0.2) is 30.3 Å². The summed E-state index contributed by atoms with van der Waals surface area (Å²) >= 11 is 0. The molecule has 3 heterocycles. The molecule has 0 spiro atoms. The summed E-state index contributed by atoms with van der Waals surface area (Å²) in [6, 6.07) is 9.17. The van der Waals surface area contributed by atoms with Crippen molar-refractivity contribution < 1.29 is 14.4 Å². The SMILES string of the molecule is O=C(C[C@@H]1NC(=O)N(CCc2ccccc2)C1=O)NC[C@H]1CCCN2CCCC[C@H]12. The number of fused-ring (bicyclic) bond motifs is 1. The summed E-state index contributed by atoms with van der Waals surface area (Å²) in [6.45, 7) is 3.34. The molecule has 4 rings (SSSR count). The predicted molar refractivity (Wildman–Crippen MR) is 114 cm³/mol. The van der Waals surface area contributed by atoms with Crippen LogP contribution >= 0.6 is 0 Å². The molecule has 30 heavy (non-hydrogen) atoms. The summed E-state index contributed by atoms with van der Waals surface area (Å²) in [6.07, 6.45) is 6.71. The molecule has 3 aliphatic rings. The Balaban J connectivity index is 1.24. The maximum absolute atomic E-state index is 12.6. The highest BCUT2D eigenvalue weighted by Gasteiger charge is 2.39. The van der Waals surface area contributed by atoms with Crippen LogP contribution in [0.4, 0.5) is 4.79 Å². The molecule has 3 aliphatic heterocycles. The van der Waals surface area contributed by atoms with Gasteiger partial charge in [-0.2, -0.15) is 0 Å². The van der Waals surface area contributed by atoms with Gasteiger partial charge in [-0.25, -0.2) is 4.79 Å². The van der Waals surface area contributed by atoms with Gasteiger partial charge in [0.1, 0.15) is 6.04 Å². The third-order valence-electron chi connectivity index (χ3n) is 6.75. The molecule has 0 saturated carbocycles. The molecule has 1 aromatic carbocycles. The van der Waals surface area contributed by atoms with Crippen LogP contribution < -0.4 is 10.6 Å². The Morgan fingerprint density at radius 3 is 2.70 bits per heavy atom. The van der Waals surface area contributed by atoms with Gasteiger partial charge >= 0.3 is 6.03 Å². The zero-order valence-corrected chi connectivity index (χ0v) is 17.5. The normalized spacial score (nSPS) is 26.9. The zero-order chi connectivity index (χ0) is 20.9. The van der Waals surface area contributed by atoms with Crippen LogP contribution in [0.25, 0.3) is 0 Å². The molecule has 0 unspecified atom stereocenters. The average Bonchev–Trinajstić information content (AvgIpc) is 3.03. The number of hydrogen-bond donors (Lipinski definition) is 2. The number of hydrogen-bond acceptors (Lipinski definition) is 4. The van der Waals surface area contributed by atoms with E-state index in [0.717, 1.165) is 12.0 Å². The van der Waals surface area contributed by atoms with E-state index in [2.05, 4.69) is 15.5 Å². The first-order valence-electron chi connectivity index (χ1n) is 11.3. The van der Waals surface area contributed by atoms with Gasteiger partial charge in [-0.3, -0.25) is 14.5 Å². The van der Waals surface area contributed by atoms with Crippen LogP contribution in [0.1, 0.15) is 44.1 Å². The summed E-state index contributed by atoms with van der Waals surface area (Å²) < 4.78 is 0. The molecule has 1 aromatic rings. The highest BCUT2D eigenvalue weighted by Crippen LogP contribution is 2.30. The van der Waals surface area contributed by atoms with Crippen LogP contribution in [-0.2, 0) is 16.0 Å². The quantitative estimate of drug-likeness (QED) is 0.671. The summed E-state index contributed by atoms with van der Waals surface area (Å²) in [4.78, 5) is 41.1. The Labute approximate surface area is 178 Å². The molecule has 3 saturated heterocycles. The molecular formula is C23H32N4O3. The number of imide groups is 1. The maximum atomic E-state index is 12.6. The number of urea groups is 1. The average molecular weight is 413 g/mol. The molecule has 162 valence electrons. The van der Waals surface area contributed by atoms with Gasteiger partial charge in [0, 0.05) is 19.1 Å². The summed E-state index contributed by atoms with van der Waals surface area (Å²) in [5.74, 6) is 0.0212. The minimum atomic E-state index is -0.759. The van der Waals surface area contributed by atoms with Crippen LogP contribution in [0.5, 0.6) is 0 Å². The summed E-state index contributed by atoms with van der Waals surface area (Å²) in [7, 11) is 0. The molecule has 0 aliphatic carbocycles. The second-order valence-corrected chi connectivity index (χ2v) is 8.74. The lowest BCUT2D eigenvalue weighted by molar-refractivity contribution is -0.131. The minimum Gasteiger partial charge on any atom is -0.356 e. The molecular weight excluding hydrogens is 380 g/mol. The van der Waals surface area contributed by atoms with E-state index in [1.165, 1.54) is 43.7 Å². The Kier molecular flexibility index (Phi) is 6.67. The van der Waals surface area contributed by atoms with E-state index in [1.807, 2.05) is 30.3 Å². The van der Waals surface area contributed by atoms with Crippen molar-refractivity contribution in [3.05, 3.63) is 35.9 Å². The van der Waals surface area contributed by atoms with E-state index < -0.39 is 12.1 Å². The third-order valence-corrected chi connectivity index (χ3v) is 6.75. The number of piperidine rings is 2. The fourth-order valence-corrected chi connectivity index (χ4v) is 5.13. The number of nitrogens with zero attached hydrogens (tertiary/aromatic N) is 2. The van der Waals surface area contributed by atoms with Gasteiger partial charge in [0.2, 0.25) is 5.91 Å². The van der Waals surface area contributed by atoms with Crippen molar-refractivity contribution in [3.8, 4) is 0 Å². The van der Waals surface area contributed by atoms with Crippen LogP contribution in [0.3, 0.4) is 0 Å². The maximum Gasteiger partial charge on any atom is 0.324 e. The van der Waals surface area contributed by atoms with E-state index >= 15 is 0 Å². The number of rotatable bonds is 7. The van der Waals surface area contributed by atoms with Gasteiger partial charge in [-0.1, -0.05) is 36.8 Å². The molecule has 2 N–H and O–H groups in total. The van der Waals surface area contributed by atoms with Crippen LogP contribution in [0.2, 0.25) is 0 Å². The highest BCUT2D eigenvalue weighted by molar-refractivity contribution is 6.05. The number of nitrogens with one attached hydrogen (secondary N) is 2. The highest BCUT2D eigenvalue weighted by atomic mass is 16.2. The van der Waals surface area contributed by atoms with E-state index in [9.17, 15) is 14.4 Å². The molecule has 7 heteroatoms. The molecule has 3 atom stereocenters. The van der Waals surface area contributed by atoms with Gasteiger partial charge < -0.3 is 15.5 Å². The molecule has 0 radical (unpaired) electrons. The van der Waals surface area contributed by atoms with Crippen molar-refractivity contribution in [1.82, 2.24) is 20.4 Å². The first-order valence-corrected chi connectivity index (χ1v) is 11.3. The first-order chi connectivity index (χ1) is 14.6. The van der Waals surface area contributed by atoms with Gasteiger partial charge in [-0.05, 0) is 56.7 Å². The smallest absolute Gasteiger partial charge is 0.324 e. The van der Waals surface area contributed by atoms with Crippen LogP contribution in [-0.4, -0.2) is 65.9 Å². The number of carbonyl (C=O) groups excluding carboxylic acids is 3. The van der Waals surface area contributed by atoms with E-state index in [4.69, 9.17) is 0 Å². The van der Waals surface area contributed by atoms with E-state index in [1.54, 1.807) is 0 Å². The van der Waals surface area contributed by atoms with Crippen molar-refractivity contribution in [1.29, 1.82) is 0 Å². The largest absolute Gasteiger partial charge is 0.356 e. The van der Waals surface area contributed by atoms with Crippen molar-refractivity contribution in [2.75, 3.05) is 26.2 Å². The Hall–Kier alpha value is -2.41. The monoisotopic (exact) mass is 412 g/mol. The number of benzene rings is 1. The van der Waals surface area contributed by atoms with Gasteiger partial charge in [0.25, 0.3) is 5.91 Å². The van der Waals surface area contributed by atoms with Gasteiger partial charge in [0.05, 0.1) is 6.42 Å². The van der Waals surface area contributed by atoms with Gasteiger partial charge in [-0.15, -0.1) is 0 Å². The topological polar surface area (TPSA) is 81.8 Å². The summed E-state index contributed by atoms with van der Waals surface area (Å²) in [5.41, 5.74) is 1.07. The fraction of sp³-hybridized carbons (Fsp3) is 0.609. The second kappa shape index (κ2) is 9.60. The molecule has 0 aromatic heterocycles. The summed E-state index contributed by atoms with van der Waals surface area (Å²) in [5, 5.41) is 5.71. The molecule has 3 fully saturated rings. The third kappa shape index (κ3) is 4.83. The number of amides is 4.